The highest BCUT2D eigenvalue weighted by Crippen LogP contribution is 2.28. The van der Waals surface area contributed by atoms with Crippen LogP contribution in [0.4, 0.5) is 5.69 Å². The molecule has 27 heavy (non-hydrogen) atoms. The lowest BCUT2D eigenvalue weighted by molar-refractivity contribution is -0.119. The van der Waals surface area contributed by atoms with E-state index in [1.165, 1.54) is 35.1 Å². The number of piperazine rings is 1. The van der Waals surface area contributed by atoms with Crippen molar-refractivity contribution in [3.05, 3.63) is 46.3 Å². The Hall–Kier alpha value is -1.90. The normalized spacial score (nSPS) is 15.7. The van der Waals surface area contributed by atoms with Gasteiger partial charge in [0, 0.05) is 43.7 Å². The molecule has 1 fully saturated rings. The Balaban J connectivity index is 1.68. The molecule has 0 radical (unpaired) electrons. The number of nitrogens with one attached hydrogen (secondary N) is 1. The molecule has 8 heteroatoms. The number of amides is 1. The van der Waals surface area contributed by atoms with Crippen LogP contribution in [0.2, 0.25) is 0 Å². The fourth-order valence-electron chi connectivity index (χ4n) is 3.18. The van der Waals surface area contributed by atoms with E-state index >= 15 is 0 Å². The molecule has 3 rings (SSSR count). The van der Waals surface area contributed by atoms with Crippen molar-refractivity contribution in [1.82, 2.24) is 9.62 Å². The van der Waals surface area contributed by atoms with E-state index in [2.05, 4.69) is 36.2 Å². The van der Waals surface area contributed by atoms with Crippen LogP contribution in [0.3, 0.4) is 0 Å². The molecule has 1 amide bonds. The van der Waals surface area contributed by atoms with E-state index in [0.29, 0.717) is 36.9 Å². The molecule has 146 valence electrons. The Morgan fingerprint density at radius 2 is 1.81 bits per heavy atom. The Morgan fingerprint density at radius 3 is 2.48 bits per heavy atom. The first-order valence-corrected chi connectivity index (χ1v) is 11.2. The summed E-state index contributed by atoms with van der Waals surface area (Å²) in [6.45, 7) is 8.28. The molecule has 0 aliphatic carbocycles. The second kappa shape index (κ2) is 8.00. The Morgan fingerprint density at radius 1 is 1.11 bits per heavy atom. The number of nitrogens with zero attached hydrogens (tertiary/aromatic N) is 2. The van der Waals surface area contributed by atoms with Gasteiger partial charge in [0.05, 0.1) is 6.54 Å². The van der Waals surface area contributed by atoms with Crippen LogP contribution >= 0.6 is 11.3 Å². The van der Waals surface area contributed by atoms with Gasteiger partial charge in [-0.25, -0.2) is 8.42 Å². The van der Waals surface area contributed by atoms with Crippen LogP contribution in [0.25, 0.3) is 0 Å². The summed E-state index contributed by atoms with van der Waals surface area (Å²) in [5, 5.41) is 2.70. The summed E-state index contributed by atoms with van der Waals surface area (Å²) < 4.78 is 27.8. The van der Waals surface area contributed by atoms with Crippen LogP contribution in [-0.2, 0) is 21.4 Å². The van der Waals surface area contributed by atoms with Crippen molar-refractivity contribution in [2.75, 3.05) is 31.1 Å². The minimum Gasteiger partial charge on any atom is -0.369 e. The second-order valence-corrected chi connectivity index (χ2v) is 10.1. The molecule has 1 aliphatic heterocycles. The number of thiophene rings is 1. The average Bonchev–Trinajstić information content (AvgIpc) is 3.12. The molecule has 0 unspecified atom stereocenters. The minimum atomic E-state index is -3.49. The second-order valence-electron chi connectivity index (χ2n) is 6.74. The van der Waals surface area contributed by atoms with Crippen molar-refractivity contribution < 1.29 is 13.2 Å². The van der Waals surface area contributed by atoms with Crippen molar-refractivity contribution in [3.63, 3.8) is 0 Å². The molecule has 1 aliphatic rings. The Labute approximate surface area is 164 Å². The lowest BCUT2D eigenvalue weighted by Gasteiger charge is -2.36. The monoisotopic (exact) mass is 407 g/mol. The zero-order valence-electron chi connectivity index (χ0n) is 15.9. The highest BCUT2D eigenvalue weighted by atomic mass is 32.2. The number of benzene rings is 1. The third-order valence-corrected chi connectivity index (χ3v) is 8.35. The molecule has 1 N–H and O–H groups in total. The van der Waals surface area contributed by atoms with Gasteiger partial charge in [-0.2, -0.15) is 4.31 Å². The summed E-state index contributed by atoms with van der Waals surface area (Å²) in [4.78, 5) is 14.1. The lowest BCUT2D eigenvalue weighted by atomic mass is 10.1. The molecule has 0 spiro atoms. The predicted molar refractivity (Wildman–Crippen MR) is 109 cm³/mol. The molecule has 1 aromatic heterocycles. The van der Waals surface area contributed by atoms with Crippen LogP contribution in [-0.4, -0.2) is 44.8 Å². The van der Waals surface area contributed by atoms with Crippen molar-refractivity contribution in [3.8, 4) is 0 Å². The molecule has 6 nitrogen and oxygen atoms in total. The van der Waals surface area contributed by atoms with E-state index in [1.807, 2.05) is 6.07 Å². The van der Waals surface area contributed by atoms with Crippen molar-refractivity contribution in [1.29, 1.82) is 0 Å². The third kappa shape index (κ3) is 4.34. The SMILES string of the molecule is CC(=O)NCc1ccc(S(=O)(=O)N2CCN(c3cccc(C)c3C)CC2)s1. The number of hydrogen-bond donors (Lipinski definition) is 1. The Bertz CT molecular complexity index is 929. The highest BCUT2D eigenvalue weighted by Gasteiger charge is 2.30. The molecule has 0 saturated carbocycles. The molecular formula is C19H25N3O3S2. The molecule has 1 saturated heterocycles. The van der Waals surface area contributed by atoms with E-state index < -0.39 is 10.0 Å². The zero-order valence-corrected chi connectivity index (χ0v) is 17.5. The van der Waals surface area contributed by atoms with Crippen LogP contribution in [0.15, 0.2) is 34.5 Å². The van der Waals surface area contributed by atoms with Gasteiger partial charge in [-0.3, -0.25) is 4.79 Å². The van der Waals surface area contributed by atoms with Gasteiger partial charge in [0.2, 0.25) is 5.91 Å². The van der Waals surface area contributed by atoms with Crippen LogP contribution in [0, 0.1) is 13.8 Å². The van der Waals surface area contributed by atoms with Gasteiger partial charge in [0.15, 0.2) is 0 Å². The number of aryl methyl sites for hydroxylation is 1. The van der Waals surface area contributed by atoms with Gasteiger partial charge in [0.25, 0.3) is 10.0 Å². The standard InChI is InChI=1S/C19H25N3O3S2/c1-14-5-4-6-18(15(14)2)21-9-11-22(12-10-21)27(24,25)19-8-7-17(26-19)13-20-16(3)23/h4-8H,9-13H2,1-3H3,(H,20,23). The van der Waals surface area contributed by atoms with E-state index in [1.54, 1.807) is 16.4 Å². The zero-order chi connectivity index (χ0) is 19.6. The van der Waals surface area contributed by atoms with Gasteiger partial charge >= 0.3 is 0 Å². The summed E-state index contributed by atoms with van der Waals surface area (Å²) in [5.41, 5.74) is 3.67. The van der Waals surface area contributed by atoms with Gasteiger partial charge in [-0.15, -0.1) is 11.3 Å². The van der Waals surface area contributed by atoms with E-state index in [0.717, 1.165) is 4.88 Å². The van der Waals surface area contributed by atoms with Gasteiger partial charge in [-0.05, 0) is 43.2 Å². The number of hydrogen-bond acceptors (Lipinski definition) is 5. The quantitative estimate of drug-likeness (QED) is 0.827. The fourth-order valence-corrected chi connectivity index (χ4v) is 6.05. The van der Waals surface area contributed by atoms with E-state index in [-0.39, 0.29) is 5.91 Å². The maximum atomic E-state index is 12.9. The third-order valence-electron chi connectivity index (χ3n) is 4.90. The number of anilines is 1. The number of rotatable bonds is 5. The maximum absolute atomic E-state index is 12.9. The number of sulfonamides is 1. The lowest BCUT2D eigenvalue weighted by Crippen LogP contribution is -2.48. The molecule has 2 heterocycles. The Kier molecular flexibility index (Phi) is 5.88. The number of carbonyl (C=O) groups excluding carboxylic acids is 1. The summed E-state index contributed by atoms with van der Waals surface area (Å²) in [6.07, 6.45) is 0. The first-order chi connectivity index (χ1) is 12.8. The first-order valence-electron chi connectivity index (χ1n) is 8.93. The summed E-state index contributed by atoms with van der Waals surface area (Å²) in [6, 6.07) is 9.63. The largest absolute Gasteiger partial charge is 0.369 e. The molecule has 1 aromatic carbocycles. The maximum Gasteiger partial charge on any atom is 0.252 e. The van der Waals surface area contributed by atoms with Gasteiger partial charge in [0.1, 0.15) is 4.21 Å². The summed E-state index contributed by atoms with van der Waals surface area (Å²) >= 11 is 1.22. The van der Waals surface area contributed by atoms with Crippen molar-refractivity contribution in [2.45, 2.75) is 31.5 Å². The first kappa shape index (κ1) is 19.9. The van der Waals surface area contributed by atoms with E-state index in [9.17, 15) is 13.2 Å². The van der Waals surface area contributed by atoms with Crippen LogP contribution in [0.1, 0.15) is 22.9 Å². The fraction of sp³-hybridized carbons (Fsp3) is 0.421. The van der Waals surface area contributed by atoms with Gasteiger partial charge < -0.3 is 10.2 Å². The minimum absolute atomic E-state index is 0.129. The predicted octanol–water partition coefficient (Wildman–Crippen LogP) is 2.51. The van der Waals surface area contributed by atoms with Crippen LogP contribution < -0.4 is 10.2 Å². The van der Waals surface area contributed by atoms with Crippen molar-refractivity contribution >= 4 is 33.0 Å². The van der Waals surface area contributed by atoms with E-state index in [4.69, 9.17) is 0 Å². The van der Waals surface area contributed by atoms with Crippen LogP contribution in [0.5, 0.6) is 0 Å². The molecule has 2 aromatic rings. The van der Waals surface area contributed by atoms with Crippen molar-refractivity contribution in [2.24, 2.45) is 0 Å². The highest BCUT2D eigenvalue weighted by molar-refractivity contribution is 7.91. The average molecular weight is 408 g/mol. The topological polar surface area (TPSA) is 69.7 Å². The molecule has 0 bridgehead atoms. The summed E-state index contributed by atoms with van der Waals surface area (Å²) in [7, 11) is -3.49. The molecular weight excluding hydrogens is 382 g/mol. The summed E-state index contributed by atoms with van der Waals surface area (Å²) in [5.74, 6) is -0.129. The number of carbonyl (C=O) groups is 1. The smallest absolute Gasteiger partial charge is 0.252 e. The molecule has 0 atom stereocenters. The van der Waals surface area contributed by atoms with Gasteiger partial charge in [-0.1, -0.05) is 12.1 Å².